The summed E-state index contributed by atoms with van der Waals surface area (Å²) in [6.07, 6.45) is 5.63. The summed E-state index contributed by atoms with van der Waals surface area (Å²) in [5, 5.41) is 2.96. The average molecular weight is 478 g/mol. The van der Waals surface area contributed by atoms with Crippen LogP contribution in [0.25, 0.3) is 12.2 Å². The van der Waals surface area contributed by atoms with E-state index in [1.165, 1.54) is 11.3 Å². The minimum absolute atomic E-state index is 0.169. The van der Waals surface area contributed by atoms with Gasteiger partial charge in [0.25, 0.3) is 11.5 Å². The molecule has 0 bridgehead atoms. The van der Waals surface area contributed by atoms with Crippen LogP contribution >= 0.6 is 11.3 Å². The van der Waals surface area contributed by atoms with E-state index in [4.69, 9.17) is 0 Å². The Hall–Kier alpha value is -4.29. The van der Waals surface area contributed by atoms with Crippen LogP contribution in [0.1, 0.15) is 24.1 Å². The fraction of sp³-hybridized carbons (Fsp3) is 0.0690. The van der Waals surface area contributed by atoms with E-state index in [2.05, 4.69) is 10.3 Å². The quantitative estimate of drug-likeness (QED) is 0.459. The Morgan fingerprint density at radius 2 is 1.57 bits per heavy atom. The number of thiazole rings is 1. The molecule has 0 fully saturated rings. The van der Waals surface area contributed by atoms with Gasteiger partial charge in [0.1, 0.15) is 0 Å². The lowest BCUT2D eigenvalue weighted by Crippen LogP contribution is -2.40. The highest BCUT2D eigenvalue weighted by molar-refractivity contribution is 7.07. The van der Waals surface area contributed by atoms with Crippen molar-refractivity contribution in [3.63, 3.8) is 0 Å². The lowest BCUT2D eigenvalue weighted by atomic mass is 9.95. The normalized spacial score (nSPS) is 15.7. The van der Waals surface area contributed by atoms with E-state index in [9.17, 15) is 9.59 Å². The third kappa shape index (κ3) is 4.69. The molecule has 0 saturated carbocycles. The molecular weight excluding hydrogens is 454 g/mol. The number of fused-ring (bicyclic) bond motifs is 1. The van der Waals surface area contributed by atoms with Crippen LogP contribution in [0.2, 0.25) is 0 Å². The second-order valence-corrected chi connectivity index (χ2v) is 9.11. The lowest BCUT2D eigenvalue weighted by Gasteiger charge is -2.25. The van der Waals surface area contributed by atoms with Crippen molar-refractivity contribution in [2.75, 3.05) is 5.32 Å². The van der Waals surface area contributed by atoms with Gasteiger partial charge in [-0.3, -0.25) is 14.2 Å². The van der Waals surface area contributed by atoms with Crippen LogP contribution in [0.5, 0.6) is 0 Å². The second kappa shape index (κ2) is 9.91. The first kappa shape index (κ1) is 22.5. The highest BCUT2D eigenvalue weighted by atomic mass is 32.1. The average Bonchev–Trinajstić information content (AvgIpc) is 3.19. The number of nitrogens with one attached hydrogen (secondary N) is 1. The Kier molecular flexibility index (Phi) is 6.37. The van der Waals surface area contributed by atoms with Gasteiger partial charge >= 0.3 is 0 Å². The Labute approximate surface area is 206 Å². The molecule has 5 rings (SSSR count). The van der Waals surface area contributed by atoms with Crippen LogP contribution in [-0.4, -0.2) is 10.5 Å². The van der Waals surface area contributed by atoms with Crippen LogP contribution in [0.15, 0.2) is 118 Å². The van der Waals surface area contributed by atoms with Crippen molar-refractivity contribution >= 4 is 35.1 Å². The first-order valence-corrected chi connectivity index (χ1v) is 12.1. The fourth-order valence-electron chi connectivity index (χ4n) is 4.11. The summed E-state index contributed by atoms with van der Waals surface area (Å²) in [6.45, 7) is 1.82. The van der Waals surface area contributed by atoms with E-state index in [-0.39, 0.29) is 11.5 Å². The van der Waals surface area contributed by atoms with E-state index >= 15 is 0 Å². The van der Waals surface area contributed by atoms with Gasteiger partial charge in [-0.15, -0.1) is 0 Å². The molecule has 3 aromatic carbocycles. The van der Waals surface area contributed by atoms with Crippen molar-refractivity contribution in [1.29, 1.82) is 0 Å². The summed E-state index contributed by atoms with van der Waals surface area (Å²) >= 11 is 1.33. The first-order chi connectivity index (χ1) is 17.1. The minimum Gasteiger partial charge on any atom is -0.322 e. The van der Waals surface area contributed by atoms with Gasteiger partial charge in [-0.1, -0.05) is 102 Å². The molecule has 0 spiro atoms. The molecular formula is C29H23N3O2S. The maximum Gasteiger partial charge on any atom is 0.271 e. The zero-order valence-electron chi connectivity index (χ0n) is 19.1. The smallest absolute Gasteiger partial charge is 0.271 e. The number of para-hydroxylation sites is 1. The van der Waals surface area contributed by atoms with Gasteiger partial charge in [0, 0.05) is 5.69 Å². The molecule has 0 radical (unpaired) electrons. The van der Waals surface area contributed by atoms with Gasteiger partial charge in [-0.05, 0) is 36.3 Å². The summed E-state index contributed by atoms with van der Waals surface area (Å²) < 4.78 is 2.20. The fourth-order valence-corrected chi connectivity index (χ4v) is 5.11. The molecule has 6 heteroatoms. The zero-order chi connectivity index (χ0) is 24.2. The largest absolute Gasteiger partial charge is 0.322 e. The summed E-state index contributed by atoms with van der Waals surface area (Å²) in [6, 6.07) is 28.2. The maximum atomic E-state index is 13.6. The first-order valence-electron chi connectivity index (χ1n) is 11.3. The van der Waals surface area contributed by atoms with Gasteiger partial charge in [0.15, 0.2) is 4.80 Å². The lowest BCUT2D eigenvalue weighted by molar-refractivity contribution is -0.113. The van der Waals surface area contributed by atoms with Crippen molar-refractivity contribution in [1.82, 2.24) is 4.57 Å². The van der Waals surface area contributed by atoms with E-state index in [1.807, 2.05) is 116 Å². The van der Waals surface area contributed by atoms with Gasteiger partial charge in [-0.25, -0.2) is 4.99 Å². The summed E-state index contributed by atoms with van der Waals surface area (Å²) in [4.78, 5) is 32.3. The highest BCUT2D eigenvalue weighted by Gasteiger charge is 2.32. The van der Waals surface area contributed by atoms with Crippen LogP contribution in [0.3, 0.4) is 0 Å². The third-order valence-electron chi connectivity index (χ3n) is 5.75. The molecule has 1 unspecified atom stereocenters. The Balaban J connectivity index is 1.60. The molecule has 5 nitrogen and oxygen atoms in total. The molecule has 1 aliphatic heterocycles. The van der Waals surface area contributed by atoms with Crippen molar-refractivity contribution in [2.24, 2.45) is 4.99 Å². The van der Waals surface area contributed by atoms with Crippen LogP contribution in [0.4, 0.5) is 5.69 Å². The molecule has 1 N–H and O–H groups in total. The number of hydrogen-bond donors (Lipinski definition) is 1. The van der Waals surface area contributed by atoms with Crippen LogP contribution < -0.4 is 20.2 Å². The molecule has 35 heavy (non-hydrogen) atoms. The summed E-state index contributed by atoms with van der Waals surface area (Å²) in [7, 11) is 0. The topological polar surface area (TPSA) is 63.5 Å². The predicted octanol–water partition coefficient (Wildman–Crippen LogP) is 4.54. The van der Waals surface area contributed by atoms with Crippen molar-refractivity contribution in [2.45, 2.75) is 13.0 Å². The number of carbonyl (C=O) groups is 1. The van der Waals surface area contributed by atoms with E-state index < -0.39 is 6.04 Å². The monoisotopic (exact) mass is 477 g/mol. The molecule has 1 amide bonds. The second-order valence-electron chi connectivity index (χ2n) is 8.10. The highest BCUT2D eigenvalue weighted by Crippen LogP contribution is 2.30. The number of carbonyl (C=O) groups excluding carboxylic acids is 1. The summed E-state index contributed by atoms with van der Waals surface area (Å²) in [5.74, 6) is -0.274. The number of amides is 1. The molecule has 0 aliphatic carbocycles. The zero-order valence-corrected chi connectivity index (χ0v) is 19.9. The summed E-state index contributed by atoms with van der Waals surface area (Å²) in [5.41, 5.74) is 3.48. The molecule has 1 aromatic heterocycles. The molecule has 2 heterocycles. The molecule has 0 saturated heterocycles. The number of allylic oxidation sites excluding steroid dienone is 2. The number of hydrogen-bond acceptors (Lipinski definition) is 4. The predicted molar refractivity (Wildman–Crippen MR) is 142 cm³/mol. The maximum absolute atomic E-state index is 13.6. The molecule has 1 atom stereocenters. The molecule has 4 aromatic rings. The van der Waals surface area contributed by atoms with Crippen LogP contribution in [0, 0.1) is 0 Å². The number of rotatable bonds is 5. The standard InChI is InChI=1S/C29H23N3O2S/c1-20-25(27(33)31-23-17-9-4-10-18-23)26(22-15-7-3-8-16-22)32-28(34)24(35-29(32)30-20)19-11-14-21-12-5-2-6-13-21/h2-19,26H,1H3,(H,31,33). The van der Waals surface area contributed by atoms with E-state index in [0.29, 0.717) is 26.3 Å². The molecule has 172 valence electrons. The van der Waals surface area contributed by atoms with Crippen molar-refractivity contribution < 1.29 is 4.79 Å². The number of nitrogens with zero attached hydrogens (tertiary/aromatic N) is 2. The van der Waals surface area contributed by atoms with Crippen molar-refractivity contribution in [3.8, 4) is 0 Å². The number of benzene rings is 3. The minimum atomic E-state index is -0.573. The Bertz CT molecular complexity index is 1600. The number of anilines is 1. The Morgan fingerprint density at radius 1 is 0.943 bits per heavy atom. The number of aromatic nitrogens is 1. The van der Waals surface area contributed by atoms with Crippen LogP contribution in [-0.2, 0) is 4.79 Å². The van der Waals surface area contributed by atoms with Gasteiger partial charge in [-0.2, -0.15) is 0 Å². The van der Waals surface area contributed by atoms with E-state index in [0.717, 1.165) is 11.1 Å². The van der Waals surface area contributed by atoms with Crippen molar-refractivity contribution in [3.05, 3.63) is 139 Å². The van der Waals surface area contributed by atoms with Gasteiger partial charge < -0.3 is 5.32 Å². The third-order valence-corrected chi connectivity index (χ3v) is 6.75. The molecule has 1 aliphatic rings. The Morgan fingerprint density at radius 3 is 2.26 bits per heavy atom. The van der Waals surface area contributed by atoms with Gasteiger partial charge in [0.05, 0.1) is 21.8 Å². The SMILES string of the molecule is CC1=C(C(=O)Nc2ccccc2)C(c2ccccc2)n2c(sc(=CC=Cc3ccccc3)c2=O)=N1. The van der Waals surface area contributed by atoms with Gasteiger partial charge in [0.2, 0.25) is 0 Å². The van der Waals surface area contributed by atoms with E-state index in [1.54, 1.807) is 4.57 Å².